The van der Waals surface area contributed by atoms with Gasteiger partial charge in [0, 0.05) is 19.9 Å². The summed E-state index contributed by atoms with van der Waals surface area (Å²) in [5.74, 6) is -1.00. The van der Waals surface area contributed by atoms with Crippen molar-refractivity contribution < 1.29 is 24.2 Å². The van der Waals surface area contributed by atoms with Gasteiger partial charge in [0.15, 0.2) is 0 Å². The number of nitrogens with zero attached hydrogens (tertiary/aromatic N) is 2. The first-order valence-corrected chi connectivity index (χ1v) is 5.97. The number of rotatable bonds is 9. The van der Waals surface area contributed by atoms with Crippen LogP contribution in [0.5, 0.6) is 0 Å². The third kappa shape index (κ3) is 6.71. The van der Waals surface area contributed by atoms with Crippen LogP contribution in [-0.2, 0) is 20.8 Å². The Balaban J connectivity index is 2.18. The molecule has 1 aromatic heterocycles. The van der Waals surface area contributed by atoms with E-state index < -0.39 is 12.0 Å². The molecule has 0 saturated carbocycles. The van der Waals surface area contributed by atoms with Crippen LogP contribution in [0.15, 0.2) is 12.4 Å². The summed E-state index contributed by atoms with van der Waals surface area (Å²) in [6, 6.07) is -0.407. The van der Waals surface area contributed by atoms with E-state index in [1.54, 1.807) is 7.11 Å². The maximum absolute atomic E-state index is 11.5. The molecule has 1 heterocycles. The minimum atomic E-state index is -1.00. The van der Waals surface area contributed by atoms with Gasteiger partial charge in [-0.15, -0.1) is 0 Å². The van der Waals surface area contributed by atoms with Gasteiger partial charge in [-0.25, -0.2) is 4.79 Å². The Kier molecular flexibility index (Phi) is 7.07. The average molecular weight is 286 g/mol. The van der Waals surface area contributed by atoms with Crippen molar-refractivity contribution in [3.8, 4) is 0 Å². The molecule has 0 aliphatic rings. The zero-order valence-electron chi connectivity index (χ0n) is 11.2. The van der Waals surface area contributed by atoms with Crippen LogP contribution in [0.3, 0.4) is 0 Å². The first-order chi connectivity index (χ1) is 9.61. The van der Waals surface area contributed by atoms with Crippen molar-refractivity contribution in [1.29, 1.82) is 0 Å². The lowest BCUT2D eigenvalue weighted by Gasteiger charge is -2.06. The molecule has 0 aromatic carbocycles. The van der Waals surface area contributed by atoms with Gasteiger partial charge in [-0.1, -0.05) is 0 Å². The lowest BCUT2D eigenvalue weighted by molar-refractivity contribution is -0.137. The fraction of sp³-hybridized carbons (Fsp3) is 0.545. The molecule has 0 radical (unpaired) electrons. The van der Waals surface area contributed by atoms with E-state index in [-0.39, 0.29) is 6.54 Å². The van der Waals surface area contributed by atoms with E-state index in [0.29, 0.717) is 32.1 Å². The fourth-order valence-corrected chi connectivity index (χ4v) is 1.31. The molecule has 0 unspecified atom stereocenters. The number of carbonyl (C=O) groups is 2. The highest BCUT2D eigenvalue weighted by atomic mass is 16.5. The predicted octanol–water partition coefficient (Wildman–Crippen LogP) is -0.248. The molecule has 1 aromatic rings. The molecule has 9 heteroatoms. The van der Waals surface area contributed by atoms with Crippen LogP contribution in [0.1, 0.15) is 0 Å². The van der Waals surface area contributed by atoms with Gasteiger partial charge in [0.1, 0.15) is 6.54 Å². The first kappa shape index (κ1) is 15.9. The summed E-state index contributed by atoms with van der Waals surface area (Å²) in [6.07, 6.45) is 2.81. The van der Waals surface area contributed by atoms with Gasteiger partial charge in [0.2, 0.25) is 0 Å². The lowest BCUT2D eigenvalue weighted by atomic mass is 10.5. The Morgan fingerprint density at radius 3 is 2.90 bits per heavy atom. The van der Waals surface area contributed by atoms with Gasteiger partial charge >= 0.3 is 12.0 Å². The molecule has 20 heavy (non-hydrogen) atoms. The van der Waals surface area contributed by atoms with Gasteiger partial charge in [0.05, 0.1) is 31.7 Å². The SMILES string of the molecule is COCCOCCNC(=O)Nc1cnn(CC(=O)O)c1. The van der Waals surface area contributed by atoms with Crippen molar-refractivity contribution in [2.75, 3.05) is 38.8 Å². The monoisotopic (exact) mass is 286 g/mol. The number of hydrogen-bond donors (Lipinski definition) is 3. The molecule has 0 aliphatic heterocycles. The highest BCUT2D eigenvalue weighted by Gasteiger charge is 2.05. The van der Waals surface area contributed by atoms with E-state index in [1.165, 1.54) is 17.1 Å². The Morgan fingerprint density at radius 1 is 1.40 bits per heavy atom. The molecule has 3 N–H and O–H groups in total. The van der Waals surface area contributed by atoms with Crippen LogP contribution in [-0.4, -0.2) is 60.4 Å². The smallest absolute Gasteiger partial charge is 0.325 e. The van der Waals surface area contributed by atoms with E-state index in [2.05, 4.69) is 15.7 Å². The second kappa shape index (κ2) is 8.88. The summed E-state index contributed by atoms with van der Waals surface area (Å²) in [6.45, 7) is 1.47. The maximum atomic E-state index is 11.5. The van der Waals surface area contributed by atoms with E-state index in [4.69, 9.17) is 14.6 Å². The summed E-state index contributed by atoms with van der Waals surface area (Å²) >= 11 is 0. The largest absolute Gasteiger partial charge is 0.480 e. The molecule has 1 rings (SSSR count). The van der Waals surface area contributed by atoms with Gasteiger partial charge in [0.25, 0.3) is 0 Å². The molecule has 0 atom stereocenters. The predicted molar refractivity (Wildman–Crippen MR) is 69.6 cm³/mol. The summed E-state index contributed by atoms with van der Waals surface area (Å²) in [4.78, 5) is 21.9. The average Bonchev–Trinajstić information content (AvgIpc) is 2.80. The molecule has 0 bridgehead atoms. The van der Waals surface area contributed by atoms with Crippen molar-refractivity contribution >= 4 is 17.7 Å². The number of carbonyl (C=O) groups excluding carboxylic acids is 1. The van der Waals surface area contributed by atoms with Crippen LogP contribution in [0.4, 0.5) is 10.5 Å². The van der Waals surface area contributed by atoms with Crippen LogP contribution in [0.25, 0.3) is 0 Å². The van der Waals surface area contributed by atoms with Crippen LogP contribution in [0.2, 0.25) is 0 Å². The minimum Gasteiger partial charge on any atom is -0.480 e. The number of aliphatic carboxylic acids is 1. The molecule has 0 fully saturated rings. The Morgan fingerprint density at radius 2 is 2.20 bits per heavy atom. The highest BCUT2D eigenvalue weighted by Crippen LogP contribution is 2.03. The summed E-state index contributed by atoms with van der Waals surface area (Å²) in [7, 11) is 1.58. The third-order valence-corrected chi connectivity index (χ3v) is 2.15. The molecule has 0 saturated heterocycles. The number of urea groups is 1. The summed E-state index contributed by atoms with van der Waals surface area (Å²) in [5, 5.41) is 17.5. The molecule has 0 aliphatic carbocycles. The number of amides is 2. The number of carboxylic acid groups (broad SMARTS) is 1. The first-order valence-electron chi connectivity index (χ1n) is 5.97. The molecule has 112 valence electrons. The second-order valence-electron chi connectivity index (χ2n) is 3.81. The molecular formula is C11H18N4O5. The topological polar surface area (TPSA) is 115 Å². The number of aromatic nitrogens is 2. The van der Waals surface area contributed by atoms with Gasteiger partial charge < -0.3 is 25.2 Å². The summed E-state index contributed by atoms with van der Waals surface area (Å²) < 4.78 is 11.2. The summed E-state index contributed by atoms with van der Waals surface area (Å²) in [5.41, 5.74) is 0.420. The van der Waals surface area contributed by atoms with Gasteiger partial charge in [-0.3, -0.25) is 9.48 Å². The number of anilines is 1. The maximum Gasteiger partial charge on any atom is 0.325 e. The molecular weight excluding hydrogens is 268 g/mol. The van der Waals surface area contributed by atoms with Crippen molar-refractivity contribution in [2.24, 2.45) is 0 Å². The van der Waals surface area contributed by atoms with E-state index in [9.17, 15) is 9.59 Å². The van der Waals surface area contributed by atoms with E-state index in [0.717, 1.165) is 0 Å². The van der Waals surface area contributed by atoms with Crippen molar-refractivity contribution in [3.05, 3.63) is 12.4 Å². The molecule has 0 spiro atoms. The minimum absolute atomic E-state index is 0.253. The normalized spacial score (nSPS) is 10.2. The fourth-order valence-electron chi connectivity index (χ4n) is 1.31. The number of methoxy groups -OCH3 is 1. The van der Waals surface area contributed by atoms with Crippen LogP contribution in [0, 0.1) is 0 Å². The van der Waals surface area contributed by atoms with Crippen LogP contribution >= 0.6 is 0 Å². The third-order valence-electron chi connectivity index (χ3n) is 2.15. The molecule has 2 amide bonds. The zero-order chi connectivity index (χ0) is 14.8. The van der Waals surface area contributed by atoms with Crippen molar-refractivity contribution in [2.45, 2.75) is 6.54 Å². The quantitative estimate of drug-likeness (QED) is 0.539. The number of carboxylic acids is 1. The Hall–Kier alpha value is -2.13. The second-order valence-corrected chi connectivity index (χ2v) is 3.81. The van der Waals surface area contributed by atoms with Crippen LogP contribution < -0.4 is 10.6 Å². The zero-order valence-corrected chi connectivity index (χ0v) is 11.2. The van der Waals surface area contributed by atoms with E-state index >= 15 is 0 Å². The Bertz CT molecular complexity index is 434. The highest BCUT2D eigenvalue weighted by molar-refractivity contribution is 5.88. The van der Waals surface area contributed by atoms with E-state index in [1.807, 2.05) is 0 Å². The van der Waals surface area contributed by atoms with Crippen molar-refractivity contribution in [1.82, 2.24) is 15.1 Å². The standard InChI is InChI=1S/C11H18N4O5/c1-19-4-5-20-3-2-12-11(18)14-9-6-13-15(7-9)8-10(16)17/h6-7H,2-5,8H2,1H3,(H,16,17)(H2,12,14,18). The lowest BCUT2D eigenvalue weighted by Crippen LogP contribution is -2.31. The Labute approximate surface area is 115 Å². The van der Waals surface area contributed by atoms with Gasteiger partial charge in [-0.2, -0.15) is 5.10 Å². The molecule has 9 nitrogen and oxygen atoms in total. The van der Waals surface area contributed by atoms with Gasteiger partial charge in [-0.05, 0) is 0 Å². The van der Waals surface area contributed by atoms with Crippen molar-refractivity contribution in [3.63, 3.8) is 0 Å². The number of ether oxygens (including phenoxy) is 2. The number of nitrogens with one attached hydrogen (secondary N) is 2. The number of hydrogen-bond acceptors (Lipinski definition) is 5.